The predicted octanol–water partition coefficient (Wildman–Crippen LogP) is 1.99. The molecular weight excluding hydrogens is 304 g/mol. The second-order valence-corrected chi connectivity index (χ2v) is 4.87. The minimum atomic E-state index is -0.229. The van der Waals surface area contributed by atoms with Crippen molar-refractivity contribution in [2.24, 2.45) is 0 Å². The highest BCUT2D eigenvalue weighted by Gasteiger charge is 2.08. The predicted molar refractivity (Wildman–Crippen MR) is 86.5 cm³/mol. The van der Waals surface area contributed by atoms with Gasteiger partial charge >= 0.3 is 0 Å². The average Bonchev–Trinajstić information content (AvgIpc) is 2.63. The van der Waals surface area contributed by atoms with E-state index in [2.05, 4.69) is 25.3 Å². The van der Waals surface area contributed by atoms with Crippen LogP contribution in [0.2, 0.25) is 0 Å². The fourth-order valence-corrected chi connectivity index (χ4v) is 2.01. The molecule has 0 saturated heterocycles. The van der Waals surface area contributed by atoms with E-state index < -0.39 is 0 Å². The summed E-state index contributed by atoms with van der Waals surface area (Å²) in [5.41, 5.74) is 1.66. The Kier molecular flexibility index (Phi) is 4.49. The van der Waals surface area contributed by atoms with Gasteiger partial charge < -0.3 is 5.32 Å². The number of anilines is 1. The Labute approximate surface area is 138 Å². The molecule has 1 amide bonds. The molecule has 0 saturated carbocycles. The molecule has 7 heteroatoms. The zero-order chi connectivity index (χ0) is 16.8. The van der Waals surface area contributed by atoms with Crippen LogP contribution in [0.25, 0.3) is 11.5 Å². The Bertz CT molecular complexity index is 887. The summed E-state index contributed by atoms with van der Waals surface area (Å²) in [5, 5.41) is 11.4. The van der Waals surface area contributed by atoms with E-state index in [1.807, 2.05) is 12.1 Å². The number of pyridine rings is 2. The Balaban J connectivity index is 1.69. The summed E-state index contributed by atoms with van der Waals surface area (Å²) in [6.45, 7) is 0. The maximum absolute atomic E-state index is 12.1. The van der Waals surface area contributed by atoms with Gasteiger partial charge in [-0.05, 0) is 29.8 Å². The second-order valence-electron chi connectivity index (χ2n) is 4.87. The molecule has 24 heavy (non-hydrogen) atoms. The fourth-order valence-electron chi connectivity index (χ4n) is 2.01. The molecule has 3 rings (SSSR count). The van der Waals surface area contributed by atoms with E-state index in [1.165, 1.54) is 6.20 Å². The van der Waals surface area contributed by atoms with E-state index in [-0.39, 0.29) is 12.3 Å². The SMILES string of the molecule is N#Cc1ccc(CC(=O)Nc2ccnc(-c3ccccn3)n2)cn1. The molecule has 0 aliphatic carbocycles. The molecule has 3 aromatic heterocycles. The third kappa shape index (κ3) is 3.75. The number of nitrogens with one attached hydrogen (secondary N) is 1. The van der Waals surface area contributed by atoms with Gasteiger partial charge in [-0.2, -0.15) is 5.26 Å². The summed E-state index contributed by atoms with van der Waals surface area (Å²) in [6.07, 6.45) is 4.87. The van der Waals surface area contributed by atoms with Gasteiger partial charge in [0.05, 0.1) is 6.42 Å². The number of nitrogens with zero attached hydrogens (tertiary/aromatic N) is 5. The molecule has 116 valence electrons. The van der Waals surface area contributed by atoms with Gasteiger partial charge in [-0.15, -0.1) is 0 Å². The first-order chi connectivity index (χ1) is 11.7. The van der Waals surface area contributed by atoms with E-state index in [0.717, 1.165) is 0 Å². The van der Waals surface area contributed by atoms with Gasteiger partial charge in [-0.1, -0.05) is 12.1 Å². The Morgan fingerprint density at radius 2 is 2.00 bits per heavy atom. The molecule has 0 aliphatic heterocycles. The van der Waals surface area contributed by atoms with E-state index in [4.69, 9.17) is 5.26 Å². The van der Waals surface area contributed by atoms with Gasteiger partial charge in [0.2, 0.25) is 5.91 Å². The molecule has 0 fully saturated rings. The van der Waals surface area contributed by atoms with Crippen molar-refractivity contribution in [2.75, 3.05) is 5.32 Å². The van der Waals surface area contributed by atoms with Crippen molar-refractivity contribution >= 4 is 11.7 Å². The van der Waals surface area contributed by atoms with E-state index in [9.17, 15) is 4.79 Å². The van der Waals surface area contributed by atoms with Crippen LogP contribution in [-0.4, -0.2) is 25.8 Å². The van der Waals surface area contributed by atoms with E-state index >= 15 is 0 Å². The van der Waals surface area contributed by atoms with Crippen LogP contribution < -0.4 is 5.32 Å². The van der Waals surface area contributed by atoms with Gasteiger partial charge in [0.1, 0.15) is 23.3 Å². The number of aromatic nitrogens is 4. The Morgan fingerprint density at radius 1 is 1.08 bits per heavy atom. The van der Waals surface area contributed by atoms with Crippen LogP contribution in [0.3, 0.4) is 0 Å². The third-order valence-corrected chi connectivity index (χ3v) is 3.12. The first-order valence-corrected chi connectivity index (χ1v) is 7.14. The standard InChI is InChI=1S/C17H12N6O/c18-10-13-5-4-12(11-21-13)9-16(24)22-15-6-8-20-17(23-15)14-3-1-2-7-19-14/h1-8,11H,9H2,(H,20,22,23,24). The molecule has 7 nitrogen and oxygen atoms in total. The minimum absolute atomic E-state index is 0.141. The Hall–Kier alpha value is -3.66. The van der Waals surface area contributed by atoms with Gasteiger partial charge in [-0.25, -0.2) is 15.0 Å². The first-order valence-electron chi connectivity index (χ1n) is 7.14. The largest absolute Gasteiger partial charge is 0.310 e. The lowest BCUT2D eigenvalue weighted by Crippen LogP contribution is -2.15. The topological polar surface area (TPSA) is 104 Å². The molecule has 3 aromatic rings. The van der Waals surface area contributed by atoms with Crippen LogP contribution in [0.4, 0.5) is 5.82 Å². The summed E-state index contributed by atoms with van der Waals surface area (Å²) in [6, 6.07) is 12.3. The molecule has 3 heterocycles. The molecular formula is C17H12N6O. The van der Waals surface area contributed by atoms with E-state index in [0.29, 0.717) is 28.6 Å². The normalized spacial score (nSPS) is 9.96. The monoisotopic (exact) mass is 316 g/mol. The molecule has 0 aliphatic rings. The highest BCUT2D eigenvalue weighted by molar-refractivity contribution is 5.91. The highest BCUT2D eigenvalue weighted by Crippen LogP contribution is 2.13. The number of hydrogen-bond acceptors (Lipinski definition) is 6. The second kappa shape index (κ2) is 7.07. The number of nitriles is 1. The summed E-state index contributed by atoms with van der Waals surface area (Å²) >= 11 is 0. The van der Waals surface area contributed by atoms with E-state index in [1.54, 1.807) is 42.7 Å². The van der Waals surface area contributed by atoms with Gasteiger partial charge in [-0.3, -0.25) is 9.78 Å². The van der Waals surface area contributed by atoms with Crippen molar-refractivity contribution in [3.63, 3.8) is 0 Å². The van der Waals surface area contributed by atoms with Crippen molar-refractivity contribution in [1.82, 2.24) is 19.9 Å². The van der Waals surface area contributed by atoms with Crippen molar-refractivity contribution in [3.8, 4) is 17.6 Å². The number of rotatable bonds is 4. The van der Waals surface area contributed by atoms with Crippen molar-refractivity contribution in [3.05, 3.63) is 66.2 Å². The Morgan fingerprint density at radius 3 is 2.71 bits per heavy atom. The van der Waals surface area contributed by atoms with Crippen molar-refractivity contribution in [1.29, 1.82) is 5.26 Å². The molecule has 0 unspecified atom stereocenters. The van der Waals surface area contributed by atoms with Gasteiger partial charge in [0.25, 0.3) is 0 Å². The van der Waals surface area contributed by atoms with Crippen LogP contribution in [-0.2, 0) is 11.2 Å². The third-order valence-electron chi connectivity index (χ3n) is 3.12. The van der Waals surface area contributed by atoms with Crippen LogP contribution >= 0.6 is 0 Å². The van der Waals surface area contributed by atoms with Crippen LogP contribution in [0, 0.1) is 11.3 Å². The summed E-state index contributed by atoms with van der Waals surface area (Å²) < 4.78 is 0. The lowest BCUT2D eigenvalue weighted by atomic mass is 10.2. The lowest BCUT2D eigenvalue weighted by Gasteiger charge is -2.06. The fraction of sp³-hybridized carbons (Fsp3) is 0.0588. The number of amides is 1. The molecule has 0 spiro atoms. The zero-order valence-corrected chi connectivity index (χ0v) is 12.5. The number of hydrogen-bond donors (Lipinski definition) is 1. The zero-order valence-electron chi connectivity index (χ0n) is 12.5. The molecule has 0 bridgehead atoms. The smallest absolute Gasteiger partial charge is 0.230 e. The van der Waals surface area contributed by atoms with Crippen LogP contribution in [0.5, 0.6) is 0 Å². The first kappa shape index (κ1) is 15.2. The maximum Gasteiger partial charge on any atom is 0.230 e. The van der Waals surface area contributed by atoms with Gasteiger partial charge in [0.15, 0.2) is 5.82 Å². The highest BCUT2D eigenvalue weighted by atomic mass is 16.1. The summed E-state index contributed by atoms with van der Waals surface area (Å²) in [5.74, 6) is 0.609. The lowest BCUT2D eigenvalue weighted by molar-refractivity contribution is -0.115. The molecule has 0 radical (unpaired) electrons. The molecule has 0 atom stereocenters. The summed E-state index contributed by atoms with van der Waals surface area (Å²) in [7, 11) is 0. The van der Waals surface area contributed by atoms with Crippen molar-refractivity contribution < 1.29 is 4.79 Å². The van der Waals surface area contributed by atoms with Crippen LogP contribution in [0.15, 0.2) is 55.0 Å². The maximum atomic E-state index is 12.1. The molecule has 0 aromatic carbocycles. The quantitative estimate of drug-likeness (QED) is 0.789. The van der Waals surface area contributed by atoms with Gasteiger partial charge in [0, 0.05) is 18.6 Å². The van der Waals surface area contributed by atoms with Crippen LogP contribution in [0.1, 0.15) is 11.3 Å². The average molecular weight is 316 g/mol. The number of carbonyl (C=O) groups excluding carboxylic acids is 1. The van der Waals surface area contributed by atoms with Crippen molar-refractivity contribution in [2.45, 2.75) is 6.42 Å². The summed E-state index contributed by atoms with van der Waals surface area (Å²) in [4.78, 5) is 28.7. The minimum Gasteiger partial charge on any atom is -0.310 e. The number of carbonyl (C=O) groups is 1. The molecule has 1 N–H and O–H groups in total.